The van der Waals surface area contributed by atoms with Crippen LogP contribution in [0.15, 0.2) is 255 Å². The summed E-state index contributed by atoms with van der Waals surface area (Å²) in [6, 6.07) is 94.6. The summed E-state index contributed by atoms with van der Waals surface area (Å²) >= 11 is 0. The fraction of sp³-hybridized carbons (Fsp3) is 0. The van der Waals surface area contributed by atoms with E-state index in [9.17, 15) is 0 Å². The lowest BCUT2D eigenvalue weighted by Gasteiger charge is -2.19. The molecule has 0 spiro atoms. The van der Waals surface area contributed by atoms with Crippen LogP contribution >= 0.6 is 0 Å². The van der Waals surface area contributed by atoms with E-state index in [0.29, 0.717) is 0 Å². The van der Waals surface area contributed by atoms with Crippen molar-refractivity contribution in [1.29, 1.82) is 0 Å². The van der Waals surface area contributed by atoms with Crippen LogP contribution in [0.3, 0.4) is 0 Å². The highest BCUT2D eigenvalue weighted by molar-refractivity contribution is 6.27. The second-order valence-corrected chi connectivity index (χ2v) is 18.3. The molecule has 0 bridgehead atoms. The Morgan fingerprint density at radius 2 is 0.338 bits per heavy atom. The Labute approximate surface area is 394 Å². The van der Waals surface area contributed by atoms with Crippen molar-refractivity contribution in [2.75, 3.05) is 0 Å². The lowest BCUT2D eigenvalue weighted by molar-refractivity contribution is 1.61. The molecule has 314 valence electrons. The lowest BCUT2D eigenvalue weighted by atomic mass is 9.84. The molecule has 0 amide bonds. The summed E-state index contributed by atoms with van der Waals surface area (Å²) in [6.45, 7) is 0. The maximum Gasteiger partial charge on any atom is -0.00261 e. The fourth-order valence-corrected chi connectivity index (χ4v) is 11.4. The third-order valence-electron chi connectivity index (χ3n) is 14.6. The zero-order valence-corrected chi connectivity index (χ0v) is 37.2. The molecule has 0 saturated carbocycles. The van der Waals surface area contributed by atoms with Crippen LogP contribution in [0, 0.1) is 0 Å². The number of hydrogen-bond donors (Lipinski definition) is 0. The van der Waals surface area contributed by atoms with Crippen LogP contribution in [0.5, 0.6) is 0 Å². The molecule has 0 N–H and O–H groups in total. The van der Waals surface area contributed by atoms with E-state index < -0.39 is 0 Å². The van der Waals surface area contributed by atoms with Crippen molar-refractivity contribution < 1.29 is 0 Å². The van der Waals surface area contributed by atoms with E-state index in [4.69, 9.17) is 0 Å². The van der Waals surface area contributed by atoms with Gasteiger partial charge in [0.15, 0.2) is 0 Å². The van der Waals surface area contributed by atoms with Crippen LogP contribution in [0.25, 0.3) is 142 Å². The molecule has 0 aromatic heterocycles. The summed E-state index contributed by atoms with van der Waals surface area (Å²) in [6.07, 6.45) is 0. The first-order chi connectivity index (χ1) is 33.7. The highest BCUT2D eigenvalue weighted by atomic mass is 14.2. The van der Waals surface area contributed by atoms with E-state index in [1.165, 1.54) is 142 Å². The Bertz CT molecular complexity index is 4260. The largest absolute Gasteiger partial charge is 0.0622 e. The van der Waals surface area contributed by atoms with E-state index in [2.05, 4.69) is 255 Å². The molecule has 14 aromatic rings. The molecule has 14 aromatic carbocycles. The van der Waals surface area contributed by atoms with Crippen molar-refractivity contribution in [3.05, 3.63) is 255 Å². The molecule has 0 heteroatoms. The average molecular weight is 859 g/mol. The van der Waals surface area contributed by atoms with Crippen molar-refractivity contribution in [2.45, 2.75) is 0 Å². The zero-order chi connectivity index (χ0) is 44.7. The predicted octanol–water partition coefficient (Wildman–Crippen LogP) is 19.2. The van der Waals surface area contributed by atoms with Crippen LogP contribution in [0.4, 0.5) is 0 Å². The Kier molecular flexibility index (Phi) is 8.69. The molecule has 0 aliphatic carbocycles. The highest BCUT2D eigenvalue weighted by Crippen LogP contribution is 2.46. The number of fused-ring (bicyclic) bond motifs is 14. The smallest absolute Gasteiger partial charge is 0.00261 e. The SMILES string of the molecule is c1ccc(-c2ccc3c(-c4ccc(-c5ccc6c7ccccc7c7ccccc7c6c5)cc4)c4ccccc4c(-c4ccc(-c5ccc6c7ccccc7c7ccccc7c6c5)cc4)c3c2)cc1. The molecule has 0 nitrogen and oxygen atoms in total. The Balaban J connectivity index is 0.912. The van der Waals surface area contributed by atoms with E-state index in [0.717, 1.165) is 0 Å². The van der Waals surface area contributed by atoms with Gasteiger partial charge in [0.1, 0.15) is 0 Å². The number of benzene rings is 14. The molecule has 14 rings (SSSR count). The molecule has 68 heavy (non-hydrogen) atoms. The van der Waals surface area contributed by atoms with Gasteiger partial charge in [-0.15, -0.1) is 0 Å². The maximum absolute atomic E-state index is 2.42. The van der Waals surface area contributed by atoms with Gasteiger partial charge in [-0.3, -0.25) is 0 Å². The predicted molar refractivity (Wildman–Crippen MR) is 294 cm³/mol. The maximum atomic E-state index is 2.42. The molecule has 0 heterocycles. The molecule has 0 unspecified atom stereocenters. The van der Waals surface area contributed by atoms with Crippen LogP contribution < -0.4 is 0 Å². The van der Waals surface area contributed by atoms with Crippen LogP contribution in [0.2, 0.25) is 0 Å². The molecule has 0 saturated heterocycles. The lowest BCUT2D eigenvalue weighted by Crippen LogP contribution is -1.92. The summed E-state index contributed by atoms with van der Waals surface area (Å²) in [7, 11) is 0. The van der Waals surface area contributed by atoms with Crippen LogP contribution in [0.1, 0.15) is 0 Å². The summed E-state index contributed by atoms with van der Waals surface area (Å²) in [5.74, 6) is 0. The molecule has 0 aliphatic heterocycles. The van der Waals surface area contributed by atoms with Gasteiger partial charge < -0.3 is 0 Å². The number of rotatable bonds is 5. The molecule has 0 atom stereocenters. The van der Waals surface area contributed by atoms with Gasteiger partial charge >= 0.3 is 0 Å². The summed E-state index contributed by atoms with van der Waals surface area (Å²) in [5.41, 5.74) is 12.2. The first-order valence-corrected chi connectivity index (χ1v) is 23.7. The fourth-order valence-electron chi connectivity index (χ4n) is 11.4. The second-order valence-electron chi connectivity index (χ2n) is 18.3. The van der Waals surface area contributed by atoms with E-state index in [-0.39, 0.29) is 0 Å². The monoisotopic (exact) mass is 858 g/mol. The summed E-state index contributed by atoms with van der Waals surface area (Å²) < 4.78 is 0. The van der Waals surface area contributed by atoms with E-state index >= 15 is 0 Å². The molecule has 0 fully saturated rings. The Morgan fingerprint density at radius 3 is 0.721 bits per heavy atom. The standard InChI is InChI=1S/C68H42/c1-2-14-43(15-3-1)50-36-39-63-66(42-50)68(47-32-28-45(29-33-47)49-35-38-60-56-21-7-5-17-52(56)54-19-9-11-23-58(54)65(60)41-49)62-25-13-12-24-61(62)67(63)46-30-26-44(27-31-46)48-34-37-59-55-20-6-4-16-51(55)53-18-8-10-22-57(53)64(59)40-48/h1-42H. The van der Waals surface area contributed by atoms with Crippen molar-refractivity contribution in [1.82, 2.24) is 0 Å². The molecular formula is C68H42. The van der Waals surface area contributed by atoms with E-state index in [1.807, 2.05) is 0 Å². The quantitative estimate of drug-likeness (QED) is 0.119. The normalized spacial score (nSPS) is 11.8. The van der Waals surface area contributed by atoms with Gasteiger partial charge in [-0.2, -0.15) is 0 Å². The highest BCUT2D eigenvalue weighted by Gasteiger charge is 2.19. The van der Waals surface area contributed by atoms with Gasteiger partial charge in [0, 0.05) is 0 Å². The van der Waals surface area contributed by atoms with Gasteiger partial charge in [0.2, 0.25) is 0 Å². The van der Waals surface area contributed by atoms with Crippen molar-refractivity contribution in [2.24, 2.45) is 0 Å². The van der Waals surface area contributed by atoms with Crippen molar-refractivity contribution in [3.8, 4) is 55.6 Å². The Hall–Kier alpha value is -8.84. The first-order valence-electron chi connectivity index (χ1n) is 23.7. The van der Waals surface area contributed by atoms with Gasteiger partial charge in [-0.05, 0) is 160 Å². The average Bonchev–Trinajstić information content (AvgIpc) is 3.42. The van der Waals surface area contributed by atoms with Gasteiger partial charge in [0.05, 0.1) is 0 Å². The second kappa shape index (κ2) is 15.4. The van der Waals surface area contributed by atoms with Gasteiger partial charge in [0.25, 0.3) is 0 Å². The van der Waals surface area contributed by atoms with Crippen molar-refractivity contribution >= 4 is 86.2 Å². The minimum absolute atomic E-state index is 1.20. The molecule has 0 radical (unpaired) electrons. The van der Waals surface area contributed by atoms with E-state index in [1.54, 1.807) is 0 Å². The number of hydrogen-bond acceptors (Lipinski definition) is 0. The summed E-state index contributed by atoms with van der Waals surface area (Å²) in [4.78, 5) is 0. The first kappa shape index (κ1) is 38.4. The topological polar surface area (TPSA) is 0 Å². The molecular weight excluding hydrogens is 817 g/mol. The Morgan fingerprint density at radius 1 is 0.118 bits per heavy atom. The third-order valence-corrected chi connectivity index (χ3v) is 14.6. The minimum atomic E-state index is 1.20. The van der Waals surface area contributed by atoms with Crippen molar-refractivity contribution in [3.63, 3.8) is 0 Å². The summed E-state index contributed by atoms with van der Waals surface area (Å²) in [5, 5.41) is 20.5. The van der Waals surface area contributed by atoms with Crippen LogP contribution in [-0.2, 0) is 0 Å². The zero-order valence-electron chi connectivity index (χ0n) is 37.2. The minimum Gasteiger partial charge on any atom is -0.0622 e. The third kappa shape index (κ3) is 6.01. The van der Waals surface area contributed by atoms with Gasteiger partial charge in [-0.1, -0.05) is 237 Å². The van der Waals surface area contributed by atoms with Gasteiger partial charge in [-0.25, -0.2) is 0 Å². The van der Waals surface area contributed by atoms with Crippen LogP contribution in [-0.4, -0.2) is 0 Å². The molecule has 0 aliphatic rings.